The highest BCUT2D eigenvalue weighted by Gasteiger charge is 2.07. The van der Waals surface area contributed by atoms with E-state index in [1.54, 1.807) is 23.6 Å². The third-order valence-electron chi connectivity index (χ3n) is 2.82. The van der Waals surface area contributed by atoms with Crippen molar-refractivity contribution in [3.05, 3.63) is 51.5 Å². The van der Waals surface area contributed by atoms with Crippen LogP contribution >= 0.6 is 11.3 Å². The van der Waals surface area contributed by atoms with E-state index in [2.05, 4.69) is 35.1 Å². The summed E-state index contributed by atoms with van der Waals surface area (Å²) in [7, 11) is 0. The van der Waals surface area contributed by atoms with Crippen molar-refractivity contribution in [1.29, 1.82) is 0 Å². The molecule has 5 heteroatoms. The summed E-state index contributed by atoms with van der Waals surface area (Å²) in [6.07, 6.45) is 4.17. The number of pyridine rings is 1. The van der Waals surface area contributed by atoms with Gasteiger partial charge in [0, 0.05) is 27.7 Å². The SMILES string of the molecule is CCc1ccc(CNC(=O)c2cncc(C#CCN)c2)s1. The maximum atomic E-state index is 12.1. The first-order valence-corrected chi connectivity index (χ1v) is 7.54. The van der Waals surface area contributed by atoms with Crippen LogP contribution in [0.1, 0.15) is 32.6 Å². The molecule has 3 N–H and O–H groups in total. The van der Waals surface area contributed by atoms with E-state index in [-0.39, 0.29) is 12.5 Å². The Hall–Kier alpha value is -2.16. The zero-order valence-corrected chi connectivity index (χ0v) is 12.7. The van der Waals surface area contributed by atoms with E-state index in [1.165, 1.54) is 11.1 Å². The van der Waals surface area contributed by atoms with Gasteiger partial charge in [-0.15, -0.1) is 11.3 Å². The maximum absolute atomic E-state index is 12.1. The number of aromatic nitrogens is 1. The van der Waals surface area contributed by atoms with E-state index >= 15 is 0 Å². The Morgan fingerprint density at radius 2 is 2.19 bits per heavy atom. The Kier molecular flexibility index (Phi) is 5.50. The number of carbonyl (C=O) groups is 1. The van der Waals surface area contributed by atoms with Gasteiger partial charge in [-0.05, 0) is 24.6 Å². The summed E-state index contributed by atoms with van der Waals surface area (Å²) in [6.45, 7) is 2.94. The highest BCUT2D eigenvalue weighted by atomic mass is 32.1. The first kappa shape index (κ1) is 15.2. The number of rotatable bonds is 4. The molecule has 21 heavy (non-hydrogen) atoms. The van der Waals surface area contributed by atoms with Crippen LogP contribution in [-0.2, 0) is 13.0 Å². The van der Waals surface area contributed by atoms with Crippen LogP contribution in [0, 0.1) is 11.8 Å². The molecule has 2 aromatic heterocycles. The lowest BCUT2D eigenvalue weighted by molar-refractivity contribution is 0.0951. The summed E-state index contributed by atoms with van der Waals surface area (Å²) in [6, 6.07) is 5.86. The molecule has 0 aliphatic rings. The van der Waals surface area contributed by atoms with E-state index in [1.807, 2.05) is 6.07 Å². The number of hydrogen-bond donors (Lipinski definition) is 2. The molecule has 108 valence electrons. The van der Waals surface area contributed by atoms with Gasteiger partial charge in [-0.2, -0.15) is 0 Å². The molecule has 0 saturated carbocycles. The third kappa shape index (κ3) is 4.42. The fourth-order valence-corrected chi connectivity index (χ4v) is 2.66. The third-order valence-corrected chi connectivity index (χ3v) is 4.05. The van der Waals surface area contributed by atoms with Crippen molar-refractivity contribution in [2.75, 3.05) is 6.54 Å². The standard InChI is InChI=1S/C16H17N3OS/c1-2-14-5-6-15(21-14)11-19-16(20)13-8-12(4-3-7-17)9-18-10-13/h5-6,8-10H,2,7,11,17H2,1H3,(H,19,20). The van der Waals surface area contributed by atoms with E-state index in [9.17, 15) is 4.79 Å². The Morgan fingerprint density at radius 1 is 1.38 bits per heavy atom. The summed E-state index contributed by atoms with van der Waals surface area (Å²) in [5.41, 5.74) is 6.53. The van der Waals surface area contributed by atoms with E-state index < -0.39 is 0 Å². The maximum Gasteiger partial charge on any atom is 0.253 e. The Labute approximate surface area is 128 Å². The van der Waals surface area contributed by atoms with Crippen LogP contribution in [0.4, 0.5) is 0 Å². The topological polar surface area (TPSA) is 68.0 Å². The van der Waals surface area contributed by atoms with Crippen molar-refractivity contribution in [2.24, 2.45) is 5.73 Å². The first-order chi connectivity index (χ1) is 10.2. The van der Waals surface area contributed by atoms with Gasteiger partial charge >= 0.3 is 0 Å². The number of aryl methyl sites for hydroxylation is 1. The fourth-order valence-electron chi connectivity index (χ4n) is 1.76. The number of carbonyl (C=O) groups excluding carboxylic acids is 1. The molecule has 4 nitrogen and oxygen atoms in total. The molecule has 0 fully saturated rings. The van der Waals surface area contributed by atoms with Crippen molar-refractivity contribution >= 4 is 17.2 Å². The largest absolute Gasteiger partial charge is 0.347 e. The lowest BCUT2D eigenvalue weighted by atomic mass is 10.2. The monoisotopic (exact) mass is 299 g/mol. The molecule has 0 aliphatic carbocycles. The second-order valence-electron chi connectivity index (χ2n) is 4.37. The molecule has 2 rings (SSSR count). The highest BCUT2D eigenvalue weighted by Crippen LogP contribution is 2.16. The van der Waals surface area contributed by atoms with Gasteiger partial charge in [0.2, 0.25) is 0 Å². The van der Waals surface area contributed by atoms with Gasteiger partial charge in [0.15, 0.2) is 0 Å². The molecule has 2 aromatic rings. The molecular weight excluding hydrogens is 282 g/mol. The van der Waals surface area contributed by atoms with Gasteiger partial charge in [0.1, 0.15) is 0 Å². The van der Waals surface area contributed by atoms with Crippen molar-refractivity contribution < 1.29 is 4.79 Å². The predicted molar refractivity (Wildman–Crippen MR) is 85.0 cm³/mol. The summed E-state index contributed by atoms with van der Waals surface area (Å²) in [5, 5.41) is 2.89. The zero-order valence-electron chi connectivity index (χ0n) is 11.8. The number of nitrogens with one attached hydrogen (secondary N) is 1. The second-order valence-corrected chi connectivity index (χ2v) is 5.63. The second kappa shape index (κ2) is 7.58. The van der Waals surface area contributed by atoms with Crippen LogP contribution in [0.25, 0.3) is 0 Å². The van der Waals surface area contributed by atoms with Crippen LogP contribution in [0.3, 0.4) is 0 Å². The quantitative estimate of drug-likeness (QED) is 0.848. The van der Waals surface area contributed by atoms with E-state index in [4.69, 9.17) is 5.73 Å². The molecule has 0 bridgehead atoms. The fraction of sp³-hybridized carbons (Fsp3) is 0.250. The molecule has 0 aliphatic heterocycles. The van der Waals surface area contributed by atoms with Crippen molar-refractivity contribution in [2.45, 2.75) is 19.9 Å². The lowest BCUT2D eigenvalue weighted by Gasteiger charge is -2.03. The molecule has 2 heterocycles. The van der Waals surface area contributed by atoms with Crippen LogP contribution < -0.4 is 11.1 Å². The van der Waals surface area contributed by atoms with E-state index in [0.717, 1.165) is 11.3 Å². The van der Waals surface area contributed by atoms with Crippen molar-refractivity contribution in [3.63, 3.8) is 0 Å². The molecule has 0 radical (unpaired) electrons. The average Bonchev–Trinajstić information content (AvgIpc) is 2.99. The number of hydrogen-bond acceptors (Lipinski definition) is 4. The highest BCUT2D eigenvalue weighted by molar-refractivity contribution is 7.11. The Bertz CT molecular complexity index is 682. The number of amides is 1. The van der Waals surface area contributed by atoms with Crippen LogP contribution in [0.2, 0.25) is 0 Å². The zero-order chi connectivity index (χ0) is 15.1. The molecule has 0 unspecified atom stereocenters. The van der Waals surface area contributed by atoms with E-state index in [0.29, 0.717) is 17.7 Å². The Morgan fingerprint density at radius 3 is 2.90 bits per heavy atom. The molecule has 0 saturated heterocycles. The average molecular weight is 299 g/mol. The molecule has 0 atom stereocenters. The lowest BCUT2D eigenvalue weighted by Crippen LogP contribution is -2.22. The van der Waals surface area contributed by atoms with Gasteiger partial charge in [0.25, 0.3) is 5.91 Å². The van der Waals surface area contributed by atoms with Crippen molar-refractivity contribution in [1.82, 2.24) is 10.3 Å². The van der Waals surface area contributed by atoms with Gasteiger partial charge in [-0.1, -0.05) is 18.8 Å². The minimum Gasteiger partial charge on any atom is -0.347 e. The summed E-state index contributed by atoms with van der Waals surface area (Å²) >= 11 is 1.72. The summed E-state index contributed by atoms with van der Waals surface area (Å²) < 4.78 is 0. The molecule has 1 amide bonds. The smallest absolute Gasteiger partial charge is 0.253 e. The van der Waals surface area contributed by atoms with Gasteiger partial charge in [-0.25, -0.2) is 0 Å². The molecule has 0 aromatic carbocycles. The predicted octanol–water partition coefficient (Wildman–Crippen LogP) is 1.95. The van der Waals surface area contributed by atoms with Gasteiger partial charge in [0.05, 0.1) is 18.7 Å². The number of nitrogens with zero attached hydrogens (tertiary/aromatic N) is 1. The minimum absolute atomic E-state index is 0.148. The van der Waals surface area contributed by atoms with Crippen LogP contribution in [0.15, 0.2) is 30.6 Å². The van der Waals surface area contributed by atoms with Crippen molar-refractivity contribution in [3.8, 4) is 11.8 Å². The summed E-state index contributed by atoms with van der Waals surface area (Å²) in [5.74, 6) is 5.47. The first-order valence-electron chi connectivity index (χ1n) is 6.72. The van der Waals surface area contributed by atoms with Gasteiger partial charge < -0.3 is 11.1 Å². The summed E-state index contributed by atoms with van der Waals surface area (Å²) in [4.78, 5) is 18.6. The molecular formula is C16H17N3OS. The normalized spacial score (nSPS) is 9.81. The van der Waals surface area contributed by atoms with Crippen LogP contribution in [0.5, 0.6) is 0 Å². The Balaban J connectivity index is 1.99. The van der Waals surface area contributed by atoms with Crippen LogP contribution in [-0.4, -0.2) is 17.4 Å². The molecule has 0 spiro atoms. The minimum atomic E-state index is -0.148. The number of nitrogens with two attached hydrogens (primary N) is 1. The van der Waals surface area contributed by atoms with Gasteiger partial charge in [-0.3, -0.25) is 9.78 Å². The number of thiophene rings is 1.